The Balaban J connectivity index is 2.64. The third-order valence-corrected chi connectivity index (χ3v) is 3.60. The van der Waals surface area contributed by atoms with Crippen molar-refractivity contribution in [1.82, 2.24) is 10.6 Å². The Labute approximate surface area is 97.8 Å². The van der Waals surface area contributed by atoms with Crippen molar-refractivity contribution in [3.05, 3.63) is 0 Å². The topological polar surface area (TPSA) is 61.4 Å². The number of hydrogen-bond donors (Lipinski definition) is 3. The van der Waals surface area contributed by atoms with E-state index in [2.05, 4.69) is 10.6 Å². The average molecular weight is 228 g/mol. The number of piperidine rings is 1. The Morgan fingerprint density at radius 3 is 2.56 bits per heavy atom. The SMILES string of the molecule is CC(O)C(C)(C)NC(=O)C1(C)CCCCN1. The average Bonchev–Trinajstić information content (AvgIpc) is 2.18. The first-order chi connectivity index (χ1) is 7.28. The summed E-state index contributed by atoms with van der Waals surface area (Å²) < 4.78 is 0. The second-order valence-corrected chi connectivity index (χ2v) is 5.57. The Bertz CT molecular complexity index is 256. The molecule has 1 fully saturated rings. The van der Waals surface area contributed by atoms with Gasteiger partial charge in [0.05, 0.1) is 17.2 Å². The molecule has 1 rings (SSSR count). The summed E-state index contributed by atoms with van der Waals surface area (Å²) >= 11 is 0. The number of carbonyl (C=O) groups excluding carboxylic acids is 1. The fraction of sp³-hybridized carbons (Fsp3) is 0.917. The number of nitrogens with one attached hydrogen (secondary N) is 2. The van der Waals surface area contributed by atoms with Gasteiger partial charge in [-0.3, -0.25) is 4.79 Å². The Hall–Kier alpha value is -0.610. The zero-order chi connectivity index (χ0) is 12.4. The van der Waals surface area contributed by atoms with Crippen LogP contribution in [0.25, 0.3) is 0 Å². The summed E-state index contributed by atoms with van der Waals surface area (Å²) in [5.41, 5.74) is -1.07. The summed E-state index contributed by atoms with van der Waals surface area (Å²) in [6.07, 6.45) is 2.49. The summed E-state index contributed by atoms with van der Waals surface area (Å²) in [6.45, 7) is 8.18. The predicted molar refractivity (Wildman–Crippen MR) is 64.2 cm³/mol. The fourth-order valence-electron chi connectivity index (χ4n) is 1.79. The molecule has 94 valence electrons. The van der Waals surface area contributed by atoms with Gasteiger partial charge in [0.15, 0.2) is 0 Å². The molecule has 4 heteroatoms. The molecule has 4 nitrogen and oxygen atoms in total. The van der Waals surface area contributed by atoms with Crippen molar-refractivity contribution in [2.45, 2.75) is 64.1 Å². The summed E-state index contributed by atoms with van der Waals surface area (Å²) in [7, 11) is 0. The number of rotatable bonds is 3. The second kappa shape index (κ2) is 4.72. The largest absolute Gasteiger partial charge is 0.391 e. The van der Waals surface area contributed by atoms with E-state index in [9.17, 15) is 9.90 Å². The third kappa shape index (κ3) is 2.95. The first-order valence-corrected chi connectivity index (χ1v) is 6.04. The summed E-state index contributed by atoms with van der Waals surface area (Å²) in [6, 6.07) is 0. The van der Waals surface area contributed by atoms with Crippen molar-refractivity contribution in [1.29, 1.82) is 0 Å². The highest BCUT2D eigenvalue weighted by Crippen LogP contribution is 2.20. The molecule has 1 aliphatic heterocycles. The Morgan fingerprint density at radius 2 is 2.12 bits per heavy atom. The monoisotopic (exact) mass is 228 g/mol. The number of amides is 1. The molecule has 1 heterocycles. The highest BCUT2D eigenvalue weighted by atomic mass is 16.3. The lowest BCUT2D eigenvalue weighted by molar-refractivity contribution is -0.131. The van der Waals surface area contributed by atoms with Gasteiger partial charge in [-0.05, 0) is 53.5 Å². The van der Waals surface area contributed by atoms with Gasteiger partial charge in [-0.25, -0.2) is 0 Å². The molecule has 1 amide bonds. The maximum atomic E-state index is 12.2. The van der Waals surface area contributed by atoms with E-state index >= 15 is 0 Å². The predicted octanol–water partition coefficient (Wildman–Crippen LogP) is 0.794. The van der Waals surface area contributed by atoms with Crippen LogP contribution in [0.3, 0.4) is 0 Å². The van der Waals surface area contributed by atoms with Crippen molar-refractivity contribution in [2.24, 2.45) is 0 Å². The van der Waals surface area contributed by atoms with E-state index in [1.807, 2.05) is 20.8 Å². The van der Waals surface area contributed by atoms with Crippen LogP contribution in [-0.4, -0.2) is 34.7 Å². The van der Waals surface area contributed by atoms with Crippen LogP contribution < -0.4 is 10.6 Å². The van der Waals surface area contributed by atoms with Gasteiger partial charge in [0, 0.05) is 0 Å². The Kier molecular flexibility index (Phi) is 3.97. The lowest BCUT2D eigenvalue weighted by atomic mass is 9.88. The minimum atomic E-state index is -0.584. The van der Waals surface area contributed by atoms with E-state index in [0.29, 0.717) is 0 Å². The maximum Gasteiger partial charge on any atom is 0.240 e. The van der Waals surface area contributed by atoms with Gasteiger partial charge in [-0.15, -0.1) is 0 Å². The minimum absolute atomic E-state index is 0.0156. The van der Waals surface area contributed by atoms with Gasteiger partial charge >= 0.3 is 0 Å². The van der Waals surface area contributed by atoms with E-state index in [1.54, 1.807) is 6.92 Å². The molecule has 1 saturated heterocycles. The number of aliphatic hydroxyl groups is 1. The molecule has 1 aliphatic rings. The molecule has 2 atom stereocenters. The van der Waals surface area contributed by atoms with E-state index in [4.69, 9.17) is 0 Å². The smallest absolute Gasteiger partial charge is 0.240 e. The highest BCUT2D eigenvalue weighted by molar-refractivity contribution is 5.86. The standard InChI is InChI=1S/C12H24N2O2/c1-9(15)11(2,3)14-10(16)12(4)7-5-6-8-13-12/h9,13,15H,5-8H2,1-4H3,(H,14,16). The third-order valence-electron chi connectivity index (χ3n) is 3.60. The minimum Gasteiger partial charge on any atom is -0.391 e. The number of carbonyl (C=O) groups is 1. The zero-order valence-corrected chi connectivity index (χ0v) is 10.8. The summed E-state index contributed by atoms with van der Waals surface area (Å²) in [5.74, 6) is -0.0156. The molecule has 0 spiro atoms. The van der Waals surface area contributed by atoms with Crippen molar-refractivity contribution in [3.63, 3.8) is 0 Å². The molecule has 0 aromatic rings. The maximum absolute atomic E-state index is 12.2. The van der Waals surface area contributed by atoms with Crippen LogP contribution in [0.1, 0.15) is 47.0 Å². The van der Waals surface area contributed by atoms with Gasteiger partial charge in [-0.1, -0.05) is 0 Å². The van der Waals surface area contributed by atoms with Gasteiger partial charge < -0.3 is 15.7 Å². The molecule has 0 aromatic heterocycles. The van der Waals surface area contributed by atoms with Crippen molar-refractivity contribution in [3.8, 4) is 0 Å². The quantitative estimate of drug-likeness (QED) is 0.669. The molecular formula is C12H24N2O2. The molecule has 0 aliphatic carbocycles. The van der Waals surface area contributed by atoms with E-state index in [-0.39, 0.29) is 5.91 Å². The van der Waals surface area contributed by atoms with Crippen LogP contribution in [0.2, 0.25) is 0 Å². The first kappa shape index (κ1) is 13.5. The number of aliphatic hydroxyl groups excluding tert-OH is 1. The highest BCUT2D eigenvalue weighted by Gasteiger charge is 2.38. The Morgan fingerprint density at radius 1 is 1.50 bits per heavy atom. The van der Waals surface area contributed by atoms with Crippen LogP contribution >= 0.6 is 0 Å². The molecule has 0 aromatic carbocycles. The van der Waals surface area contributed by atoms with Crippen LogP contribution in [0.15, 0.2) is 0 Å². The lowest BCUT2D eigenvalue weighted by Crippen LogP contribution is -2.62. The normalized spacial score (nSPS) is 28.6. The number of hydrogen-bond acceptors (Lipinski definition) is 3. The van der Waals surface area contributed by atoms with Crippen molar-refractivity contribution >= 4 is 5.91 Å². The zero-order valence-electron chi connectivity index (χ0n) is 10.8. The van der Waals surface area contributed by atoms with E-state index in [1.165, 1.54) is 0 Å². The molecule has 2 unspecified atom stereocenters. The van der Waals surface area contributed by atoms with Crippen LogP contribution in [0.4, 0.5) is 0 Å². The second-order valence-electron chi connectivity index (χ2n) is 5.57. The van der Waals surface area contributed by atoms with Gasteiger partial charge in [-0.2, -0.15) is 0 Å². The molecule has 0 bridgehead atoms. The van der Waals surface area contributed by atoms with Crippen molar-refractivity contribution < 1.29 is 9.90 Å². The lowest BCUT2D eigenvalue weighted by Gasteiger charge is -2.38. The van der Waals surface area contributed by atoms with Crippen LogP contribution in [0.5, 0.6) is 0 Å². The van der Waals surface area contributed by atoms with Crippen LogP contribution in [0, 0.1) is 0 Å². The molecule has 3 N–H and O–H groups in total. The first-order valence-electron chi connectivity index (χ1n) is 6.04. The fourth-order valence-corrected chi connectivity index (χ4v) is 1.79. The summed E-state index contributed by atoms with van der Waals surface area (Å²) in [5, 5.41) is 15.8. The van der Waals surface area contributed by atoms with Crippen LogP contribution in [-0.2, 0) is 4.79 Å². The molecule has 0 radical (unpaired) electrons. The van der Waals surface area contributed by atoms with E-state index in [0.717, 1.165) is 25.8 Å². The van der Waals surface area contributed by atoms with Gasteiger partial charge in [0.25, 0.3) is 0 Å². The van der Waals surface area contributed by atoms with Crippen molar-refractivity contribution in [2.75, 3.05) is 6.54 Å². The van der Waals surface area contributed by atoms with E-state index < -0.39 is 17.2 Å². The summed E-state index contributed by atoms with van der Waals surface area (Å²) in [4.78, 5) is 12.2. The van der Waals surface area contributed by atoms with Gasteiger partial charge in [0.1, 0.15) is 0 Å². The molecule has 16 heavy (non-hydrogen) atoms. The van der Waals surface area contributed by atoms with Gasteiger partial charge in [0.2, 0.25) is 5.91 Å². The molecular weight excluding hydrogens is 204 g/mol. The molecule has 0 saturated carbocycles.